The Morgan fingerprint density at radius 1 is 1.33 bits per heavy atom. The Bertz CT molecular complexity index is 432. The molecule has 0 radical (unpaired) electrons. The third-order valence-electron chi connectivity index (χ3n) is 2.13. The molecular weight excluding hydrogens is 251 g/mol. The van der Waals surface area contributed by atoms with E-state index in [0.29, 0.717) is 5.56 Å². The fourth-order valence-corrected chi connectivity index (χ4v) is 1.23. The first-order chi connectivity index (χ1) is 8.31. The zero-order valence-electron chi connectivity index (χ0n) is 9.58. The lowest BCUT2D eigenvalue weighted by Crippen LogP contribution is -2.19. The fourth-order valence-electron chi connectivity index (χ4n) is 1.23. The number of esters is 1. The number of alkyl halides is 3. The smallest absolute Gasteiger partial charge is 0.460 e. The third-order valence-corrected chi connectivity index (χ3v) is 2.13. The standard InChI is InChI=1S/C11H12F3NO3/c1-7-3-2-4-8(9(7)15)10(16)17-5-6-18-11(12,13)14/h2-4H,5-6,15H2,1H3. The molecule has 0 saturated carbocycles. The maximum Gasteiger partial charge on any atom is 0.522 e. The van der Waals surface area contributed by atoms with Crippen LogP contribution < -0.4 is 5.73 Å². The van der Waals surface area contributed by atoms with Crippen LogP contribution in [-0.4, -0.2) is 25.5 Å². The van der Waals surface area contributed by atoms with Crippen molar-refractivity contribution in [2.24, 2.45) is 0 Å². The predicted molar refractivity (Wildman–Crippen MR) is 57.9 cm³/mol. The molecule has 0 fully saturated rings. The highest BCUT2D eigenvalue weighted by Gasteiger charge is 2.28. The van der Waals surface area contributed by atoms with Crippen LogP contribution in [0.2, 0.25) is 0 Å². The first kappa shape index (κ1) is 14.3. The number of para-hydroxylation sites is 1. The fraction of sp³-hybridized carbons (Fsp3) is 0.364. The molecule has 0 aliphatic heterocycles. The molecule has 7 heteroatoms. The van der Waals surface area contributed by atoms with Crippen LogP contribution in [0.1, 0.15) is 15.9 Å². The summed E-state index contributed by atoms with van der Waals surface area (Å²) in [6, 6.07) is 4.75. The van der Waals surface area contributed by atoms with Crippen molar-refractivity contribution in [2.45, 2.75) is 13.3 Å². The third kappa shape index (κ3) is 4.25. The lowest BCUT2D eigenvalue weighted by atomic mass is 10.1. The molecule has 0 spiro atoms. The van der Waals surface area contributed by atoms with E-state index in [9.17, 15) is 18.0 Å². The van der Waals surface area contributed by atoms with Gasteiger partial charge in [0.2, 0.25) is 0 Å². The molecule has 0 saturated heterocycles. The van der Waals surface area contributed by atoms with Gasteiger partial charge in [-0.05, 0) is 18.6 Å². The first-order valence-corrected chi connectivity index (χ1v) is 5.04. The first-order valence-electron chi connectivity index (χ1n) is 5.04. The minimum atomic E-state index is -4.73. The number of hydrogen-bond acceptors (Lipinski definition) is 4. The van der Waals surface area contributed by atoms with Crippen LogP contribution in [-0.2, 0) is 9.47 Å². The molecule has 0 atom stereocenters. The van der Waals surface area contributed by atoms with Crippen LogP contribution in [0.3, 0.4) is 0 Å². The molecule has 1 aromatic rings. The van der Waals surface area contributed by atoms with E-state index >= 15 is 0 Å². The maximum absolute atomic E-state index is 11.6. The number of ether oxygens (including phenoxy) is 2. The average molecular weight is 263 g/mol. The highest BCUT2D eigenvalue weighted by molar-refractivity contribution is 5.95. The van der Waals surface area contributed by atoms with Gasteiger partial charge in [0.1, 0.15) is 6.61 Å². The topological polar surface area (TPSA) is 61.5 Å². The molecule has 0 aliphatic carbocycles. The van der Waals surface area contributed by atoms with Gasteiger partial charge in [0.05, 0.1) is 12.2 Å². The molecule has 100 valence electrons. The van der Waals surface area contributed by atoms with Gasteiger partial charge in [0, 0.05) is 5.69 Å². The van der Waals surface area contributed by atoms with Gasteiger partial charge >= 0.3 is 12.3 Å². The number of carbonyl (C=O) groups excluding carboxylic acids is 1. The van der Waals surface area contributed by atoms with Crippen LogP contribution >= 0.6 is 0 Å². The molecule has 0 aliphatic rings. The van der Waals surface area contributed by atoms with Gasteiger partial charge < -0.3 is 10.5 Å². The number of nitrogen functional groups attached to an aromatic ring is 1. The summed E-state index contributed by atoms with van der Waals surface area (Å²) in [5.74, 6) is -0.776. The molecule has 4 nitrogen and oxygen atoms in total. The molecule has 0 unspecified atom stereocenters. The molecule has 18 heavy (non-hydrogen) atoms. The van der Waals surface area contributed by atoms with Gasteiger partial charge in [-0.2, -0.15) is 0 Å². The van der Waals surface area contributed by atoms with Crippen molar-refractivity contribution in [3.63, 3.8) is 0 Å². The minimum Gasteiger partial charge on any atom is -0.460 e. The molecule has 0 heterocycles. The second kappa shape index (κ2) is 5.72. The van der Waals surface area contributed by atoms with Gasteiger partial charge in [0.25, 0.3) is 0 Å². The molecule has 0 amide bonds. The SMILES string of the molecule is Cc1cccc(C(=O)OCCOC(F)(F)F)c1N. The molecule has 1 rings (SSSR count). The Kier molecular flexibility index (Phi) is 4.55. The molecule has 1 aromatic carbocycles. The largest absolute Gasteiger partial charge is 0.522 e. The predicted octanol–water partition coefficient (Wildman–Crippen LogP) is 2.27. The molecule has 0 aromatic heterocycles. The van der Waals surface area contributed by atoms with Crippen molar-refractivity contribution in [2.75, 3.05) is 18.9 Å². The maximum atomic E-state index is 11.6. The number of aryl methyl sites for hydroxylation is 1. The van der Waals surface area contributed by atoms with E-state index in [2.05, 4.69) is 9.47 Å². The summed E-state index contributed by atoms with van der Waals surface area (Å²) in [5, 5.41) is 0. The summed E-state index contributed by atoms with van der Waals surface area (Å²) in [5.41, 5.74) is 6.71. The van der Waals surface area contributed by atoms with Gasteiger partial charge in [-0.3, -0.25) is 4.74 Å². The minimum absolute atomic E-state index is 0.127. The summed E-state index contributed by atoms with van der Waals surface area (Å²) in [6.45, 7) is 0.464. The lowest BCUT2D eigenvalue weighted by Gasteiger charge is -2.10. The van der Waals surface area contributed by atoms with Crippen LogP contribution in [0.4, 0.5) is 18.9 Å². The zero-order chi connectivity index (χ0) is 13.8. The van der Waals surface area contributed by atoms with E-state index in [4.69, 9.17) is 5.73 Å². The lowest BCUT2D eigenvalue weighted by molar-refractivity contribution is -0.326. The number of carbonyl (C=O) groups is 1. The van der Waals surface area contributed by atoms with Crippen LogP contribution in [0, 0.1) is 6.92 Å². The van der Waals surface area contributed by atoms with E-state index in [1.54, 1.807) is 19.1 Å². The Morgan fingerprint density at radius 2 is 2.00 bits per heavy atom. The Labute approximate surface area is 101 Å². The number of benzene rings is 1. The summed E-state index contributed by atoms with van der Waals surface area (Å²) < 4.78 is 43.0. The summed E-state index contributed by atoms with van der Waals surface area (Å²) in [7, 11) is 0. The van der Waals surface area contributed by atoms with Crippen LogP contribution in [0.5, 0.6) is 0 Å². The number of rotatable bonds is 4. The number of nitrogens with two attached hydrogens (primary N) is 1. The zero-order valence-corrected chi connectivity index (χ0v) is 9.58. The van der Waals surface area contributed by atoms with E-state index < -0.39 is 25.5 Å². The second-order valence-corrected chi connectivity index (χ2v) is 3.47. The van der Waals surface area contributed by atoms with Crippen LogP contribution in [0.25, 0.3) is 0 Å². The van der Waals surface area contributed by atoms with Gasteiger partial charge in [-0.15, -0.1) is 13.2 Å². The molecule has 0 bridgehead atoms. The van der Waals surface area contributed by atoms with E-state index in [1.807, 2.05) is 0 Å². The molecule has 2 N–H and O–H groups in total. The highest BCUT2D eigenvalue weighted by atomic mass is 19.4. The normalized spacial score (nSPS) is 11.3. The Balaban J connectivity index is 2.49. The van der Waals surface area contributed by atoms with E-state index in [1.165, 1.54) is 6.07 Å². The Hall–Kier alpha value is -1.76. The van der Waals surface area contributed by atoms with Gasteiger partial charge in [-0.1, -0.05) is 12.1 Å². The summed E-state index contributed by atoms with van der Waals surface area (Å²) in [4.78, 5) is 11.5. The van der Waals surface area contributed by atoms with Gasteiger partial charge in [0.15, 0.2) is 0 Å². The van der Waals surface area contributed by atoms with Crippen molar-refractivity contribution in [3.05, 3.63) is 29.3 Å². The van der Waals surface area contributed by atoms with Crippen molar-refractivity contribution >= 4 is 11.7 Å². The van der Waals surface area contributed by atoms with Crippen LogP contribution in [0.15, 0.2) is 18.2 Å². The van der Waals surface area contributed by atoms with Crippen molar-refractivity contribution < 1.29 is 27.4 Å². The quantitative estimate of drug-likeness (QED) is 0.514. The number of halogens is 3. The van der Waals surface area contributed by atoms with E-state index in [0.717, 1.165) is 0 Å². The van der Waals surface area contributed by atoms with Gasteiger partial charge in [-0.25, -0.2) is 4.79 Å². The second-order valence-electron chi connectivity index (χ2n) is 3.47. The monoisotopic (exact) mass is 263 g/mol. The van der Waals surface area contributed by atoms with Crippen molar-refractivity contribution in [1.82, 2.24) is 0 Å². The van der Waals surface area contributed by atoms with Crippen molar-refractivity contribution in [1.29, 1.82) is 0 Å². The summed E-state index contributed by atoms with van der Waals surface area (Å²) >= 11 is 0. The van der Waals surface area contributed by atoms with E-state index in [-0.39, 0.29) is 11.3 Å². The number of hydrogen-bond donors (Lipinski definition) is 1. The Morgan fingerprint density at radius 3 is 2.61 bits per heavy atom. The van der Waals surface area contributed by atoms with Crippen molar-refractivity contribution in [3.8, 4) is 0 Å². The summed E-state index contributed by atoms with van der Waals surface area (Å²) in [6.07, 6.45) is -4.73. The number of anilines is 1. The highest BCUT2D eigenvalue weighted by Crippen LogP contribution is 2.18. The average Bonchev–Trinajstić information content (AvgIpc) is 2.26. The molecular formula is C11H12F3NO3.